The predicted molar refractivity (Wildman–Crippen MR) is 71.9 cm³/mol. The molecule has 0 spiro atoms. The number of hydrogen-bond donors (Lipinski definition) is 3. The Kier molecular flexibility index (Phi) is 4.39. The van der Waals surface area contributed by atoms with Crippen molar-refractivity contribution in [2.24, 2.45) is 0 Å². The van der Waals surface area contributed by atoms with E-state index < -0.39 is 47.5 Å². The first kappa shape index (κ1) is 16.6. The second kappa shape index (κ2) is 5.81. The van der Waals surface area contributed by atoms with Crippen LogP contribution in [0.3, 0.4) is 0 Å². The van der Waals surface area contributed by atoms with Crippen LogP contribution in [0, 0.1) is 17.1 Å². The van der Waals surface area contributed by atoms with Crippen LogP contribution in [0.25, 0.3) is 0 Å². The molecule has 0 amide bonds. The maximum Gasteiger partial charge on any atom is 0.351 e. The number of ether oxygens (including phenoxy) is 1. The Balaban J connectivity index is 2.59. The summed E-state index contributed by atoms with van der Waals surface area (Å²) < 4.78 is 34.1. The van der Waals surface area contributed by atoms with Crippen LogP contribution in [0.4, 0.5) is 14.6 Å². The van der Waals surface area contributed by atoms with Gasteiger partial charge in [0, 0.05) is 5.38 Å². The van der Waals surface area contributed by atoms with Crippen LogP contribution in [-0.4, -0.2) is 43.7 Å². The molecule has 5 atom stereocenters. The molecule has 0 bridgehead atoms. The van der Waals surface area contributed by atoms with Gasteiger partial charge in [0.1, 0.15) is 12.2 Å². The zero-order valence-corrected chi connectivity index (χ0v) is 12.0. The second-order valence-corrected chi connectivity index (χ2v) is 4.98. The summed E-state index contributed by atoms with van der Waals surface area (Å²) in [5, 5.41) is 21.3. The number of rotatable bonds is 2. The van der Waals surface area contributed by atoms with Crippen LogP contribution < -0.4 is 11.4 Å². The van der Waals surface area contributed by atoms with Crippen molar-refractivity contribution in [2.75, 3.05) is 5.73 Å². The molecule has 1 fully saturated rings. The summed E-state index contributed by atoms with van der Waals surface area (Å²) in [6.45, 7) is 1.25. The third-order valence-corrected chi connectivity index (χ3v) is 3.38. The van der Waals surface area contributed by atoms with Crippen molar-refractivity contribution < 1.29 is 23.7 Å². The summed E-state index contributed by atoms with van der Waals surface area (Å²) in [7, 11) is 0. The fourth-order valence-corrected chi connectivity index (χ4v) is 2.33. The minimum absolute atomic E-state index is 0.457. The number of nitrogens with zero attached hydrogens (tertiary/aromatic N) is 2. The van der Waals surface area contributed by atoms with Crippen LogP contribution in [0.2, 0.25) is 0 Å². The van der Waals surface area contributed by atoms with Crippen LogP contribution in [0.5, 0.6) is 0 Å². The number of aromatic nitrogens is 2. The van der Waals surface area contributed by atoms with E-state index in [1.807, 2.05) is 5.92 Å². The molecule has 2 rings (SSSR count). The van der Waals surface area contributed by atoms with Gasteiger partial charge in [-0.05, 0) is 24.4 Å². The lowest BCUT2D eigenvalue weighted by molar-refractivity contribution is -0.0805. The van der Waals surface area contributed by atoms with Crippen molar-refractivity contribution in [3.05, 3.63) is 22.5 Å². The molecule has 0 aromatic carbocycles. The van der Waals surface area contributed by atoms with Crippen molar-refractivity contribution in [1.29, 1.82) is 0 Å². The molecule has 0 saturated carbocycles. The van der Waals surface area contributed by atoms with Crippen molar-refractivity contribution in [1.82, 2.24) is 9.55 Å². The van der Waals surface area contributed by atoms with Gasteiger partial charge in [-0.3, -0.25) is 4.57 Å². The van der Waals surface area contributed by atoms with Gasteiger partial charge in [0.05, 0.1) is 12.3 Å². The second-order valence-electron chi connectivity index (χ2n) is 4.79. The van der Waals surface area contributed by atoms with Crippen LogP contribution >= 0.6 is 11.6 Å². The molecule has 1 aromatic rings. The Bertz CT molecular complexity index is 702. The lowest BCUT2D eigenvalue weighted by Crippen LogP contribution is -2.45. The highest BCUT2D eigenvalue weighted by atomic mass is 35.5. The van der Waals surface area contributed by atoms with E-state index in [9.17, 15) is 23.8 Å². The first-order chi connectivity index (χ1) is 10.2. The molecular weight excluding hydrogens is 324 g/mol. The van der Waals surface area contributed by atoms with Crippen molar-refractivity contribution >= 4 is 17.4 Å². The van der Waals surface area contributed by atoms with Crippen LogP contribution in [0.15, 0.2) is 11.0 Å². The van der Waals surface area contributed by atoms with Gasteiger partial charge in [-0.2, -0.15) is 4.98 Å². The van der Waals surface area contributed by atoms with E-state index in [1.54, 1.807) is 5.38 Å². The van der Waals surface area contributed by atoms with Gasteiger partial charge < -0.3 is 20.7 Å². The quantitative estimate of drug-likeness (QED) is 0.629. The van der Waals surface area contributed by atoms with Gasteiger partial charge in [0.2, 0.25) is 5.67 Å². The number of nitrogens with two attached hydrogens (primary N) is 1. The van der Waals surface area contributed by atoms with E-state index in [4.69, 9.17) is 22.1 Å². The highest BCUT2D eigenvalue weighted by Gasteiger charge is 2.59. The Morgan fingerprint density at radius 3 is 2.86 bits per heavy atom. The maximum atomic E-state index is 15.0. The molecule has 120 valence electrons. The minimum atomic E-state index is -2.85. The zero-order valence-electron chi connectivity index (χ0n) is 11.2. The van der Waals surface area contributed by atoms with Gasteiger partial charge in [0.25, 0.3) is 0 Å². The number of nitrogen functional groups attached to an aromatic ring is 1. The molecule has 1 aliphatic heterocycles. The highest BCUT2D eigenvalue weighted by Crippen LogP contribution is 2.41. The fraction of sp³-hybridized carbons (Fsp3) is 0.500. The third kappa shape index (κ3) is 2.55. The standard InChI is InChI=1S/C12H12ClF2N3O4/c1-5(19)7-8(20)12(15,2-3-13)10(22-7)18-4-6(14)9(16)17-11(18)21/h4-5,7-8,10,19-20H,1H3,(H2,16,17,21)/t5-,7+,8-,10+,12?/m0/s1. The molecule has 10 heteroatoms. The van der Waals surface area contributed by atoms with E-state index in [1.165, 1.54) is 6.92 Å². The molecule has 1 saturated heterocycles. The van der Waals surface area contributed by atoms with Crippen molar-refractivity contribution in [2.45, 2.75) is 37.1 Å². The smallest absolute Gasteiger partial charge is 0.351 e. The van der Waals surface area contributed by atoms with E-state index in [-0.39, 0.29) is 0 Å². The molecular formula is C12H12ClF2N3O4. The summed E-state index contributed by atoms with van der Waals surface area (Å²) in [6, 6.07) is 0. The molecule has 1 aromatic heterocycles. The molecule has 0 radical (unpaired) electrons. The normalized spacial score (nSPS) is 32.4. The summed E-state index contributed by atoms with van der Waals surface area (Å²) in [6.07, 6.45) is -5.88. The summed E-state index contributed by atoms with van der Waals surface area (Å²) >= 11 is 5.19. The lowest BCUT2D eigenvalue weighted by Gasteiger charge is -2.23. The SMILES string of the molecule is C[C@H](O)[C@H]1O[C@@H](n2cc(F)c(N)nc2=O)C(F)(C#CCl)[C@H]1O. The van der Waals surface area contributed by atoms with Gasteiger partial charge in [-0.25, -0.2) is 13.6 Å². The minimum Gasteiger partial charge on any atom is -0.391 e. The Labute approximate surface area is 128 Å². The number of aliphatic hydroxyl groups excluding tert-OH is 2. The van der Waals surface area contributed by atoms with E-state index in [2.05, 4.69) is 4.98 Å². The molecule has 22 heavy (non-hydrogen) atoms. The topological polar surface area (TPSA) is 111 Å². The van der Waals surface area contributed by atoms with E-state index in [0.29, 0.717) is 10.8 Å². The number of aliphatic hydroxyl groups is 2. The molecule has 0 aliphatic carbocycles. The summed E-state index contributed by atoms with van der Waals surface area (Å²) in [4.78, 5) is 15.0. The fourth-order valence-electron chi connectivity index (χ4n) is 2.19. The number of halogens is 3. The highest BCUT2D eigenvalue weighted by molar-refractivity contribution is 6.30. The van der Waals surface area contributed by atoms with Crippen molar-refractivity contribution in [3.63, 3.8) is 0 Å². The molecule has 2 heterocycles. The first-order valence-electron chi connectivity index (χ1n) is 6.09. The average Bonchev–Trinajstić information content (AvgIpc) is 2.68. The largest absolute Gasteiger partial charge is 0.391 e. The van der Waals surface area contributed by atoms with Crippen LogP contribution in [-0.2, 0) is 4.74 Å². The number of anilines is 1. The zero-order chi connectivity index (χ0) is 16.7. The lowest BCUT2D eigenvalue weighted by atomic mass is 9.95. The van der Waals surface area contributed by atoms with Crippen molar-refractivity contribution in [3.8, 4) is 11.3 Å². The monoisotopic (exact) mass is 335 g/mol. The van der Waals surface area contributed by atoms with Gasteiger partial charge >= 0.3 is 5.69 Å². The molecule has 1 unspecified atom stereocenters. The Morgan fingerprint density at radius 2 is 2.32 bits per heavy atom. The number of hydrogen-bond acceptors (Lipinski definition) is 6. The van der Waals surface area contributed by atoms with Gasteiger partial charge in [0.15, 0.2) is 17.9 Å². The Morgan fingerprint density at radius 1 is 1.68 bits per heavy atom. The van der Waals surface area contributed by atoms with E-state index in [0.717, 1.165) is 0 Å². The van der Waals surface area contributed by atoms with Crippen LogP contribution in [0.1, 0.15) is 13.2 Å². The average molecular weight is 336 g/mol. The third-order valence-electron chi connectivity index (χ3n) is 3.29. The Hall–Kier alpha value is -1.73. The maximum absolute atomic E-state index is 15.0. The summed E-state index contributed by atoms with van der Waals surface area (Å²) in [5.74, 6) is 0.136. The molecule has 4 N–H and O–H groups in total. The first-order valence-corrected chi connectivity index (χ1v) is 6.47. The predicted octanol–water partition coefficient (Wildman–Crippen LogP) is -0.488. The van der Waals surface area contributed by atoms with Gasteiger partial charge in [-0.15, -0.1) is 0 Å². The molecule has 7 nitrogen and oxygen atoms in total. The van der Waals surface area contributed by atoms with Gasteiger partial charge in [-0.1, -0.05) is 0 Å². The van der Waals surface area contributed by atoms with E-state index >= 15 is 0 Å². The summed E-state index contributed by atoms with van der Waals surface area (Å²) in [5.41, 5.74) is 1.18. The molecule has 1 aliphatic rings. The number of alkyl halides is 1.